The third-order valence-electron chi connectivity index (χ3n) is 6.95. The zero-order chi connectivity index (χ0) is 24.4. The summed E-state index contributed by atoms with van der Waals surface area (Å²) in [6.45, 7) is 4.84. The second kappa shape index (κ2) is 10.1. The number of fused-ring (bicyclic) bond motifs is 1. The van der Waals surface area contributed by atoms with Crippen LogP contribution < -0.4 is 0 Å². The molecule has 3 heterocycles. The van der Waals surface area contributed by atoms with Crippen LogP contribution in [0.2, 0.25) is 0 Å². The van der Waals surface area contributed by atoms with Gasteiger partial charge in [0.2, 0.25) is 0 Å². The molecule has 2 aromatic carbocycles. The van der Waals surface area contributed by atoms with Crippen molar-refractivity contribution in [3.8, 4) is 10.4 Å². The van der Waals surface area contributed by atoms with Crippen LogP contribution in [-0.2, 0) is 0 Å². The predicted octanol–water partition coefficient (Wildman–Crippen LogP) is 6.57. The summed E-state index contributed by atoms with van der Waals surface area (Å²) in [4.78, 5) is 39.1. The Labute approximate surface area is 209 Å². The molecule has 1 saturated heterocycles. The van der Waals surface area contributed by atoms with Gasteiger partial charge in [-0.05, 0) is 49.8 Å². The Balaban J connectivity index is 1.38. The molecule has 5 nitrogen and oxygen atoms in total. The number of carbonyl (C=O) groups excluding carboxylic acids is 2. The lowest BCUT2D eigenvalue weighted by Crippen LogP contribution is -2.48. The van der Waals surface area contributed by atoms with Crippen LogP contribution in [-0.4, -0.2) is 39.1 Å². The summed E-state index contributed by atoms with van der Waals surface area (Å²) < 4.78 is 0. The quantitative estimate of drug-likeness (QED) is 0.291. The van der Waals surface area contributed by atoms with Crippen molar-refractivity contribution in [1.29, 1.82) is 0 Å². The Kier molecular flexibility index (Phi) is 6.73. The Hall–Kier alpha value is -3.38. The Morgan fingerprint density at radius 1 is 1.06 bits per heavy atom. The molecule has 2 atom stereocenters. The van der Waals surface area contributed by atoms with E-state index in [0.717, 1.165) is 39.2 Å². The zero-order valence-electron chi connectivity index (χ0n) is 20.1. The average molecular weight is 484 g/mol. The van der Waals surface area contributed by atoms with E-state index in [9.17, 15) is 9.59 Å². The van der Waals surface area contributed by atoms with E-state index < -0.39 is 0 Å². The minimum Gasteiger partial charge on any atom is -0.334 e. The van der Waals surface area contributed by atoms with Gasteiger partial charge in [-0.2, -0.15) is 0 Å². The molecule has 4 aromatic rings. The molecule has 5 rings (SSSR count). The summed E-state index contributed by atoms with van der Waals surface area (Å²) in [6, 6.07) is 19.6. The fraction of sp³-hybridized carbons (Fsp3) is 0.310. The van der Waals surface area contributed by atoms with Crippen LogP contribution in [0.4, 0.5) is 0 Å². The van der Waals surface area contributed by atoms with Gasteiger partial charge in [-0.25, -0.2) is 4.98 Å². The highest BCUT2D eigenvalue weighted by Crippen LogP contribution is 2.34. The van der Waals surface area contributed by atoms with Crippen LogP contribution >= 0.6 is 11.3 Å². The number of benzene rings is 2. The third kappa shape index (κ3) is 4.76. The number of Topliss-reactive ketones (excluding diaryl/α,β-unsaturated/α-hetero) is 1. The third-order valence-corrected chi connectivity index (χ3v) is 7.97. The first kappa shape index (κ1) is 23.4. The Bertz CT molecular complexity index is 1360. The number of ketones is 1. The van der Waals surface area contributed by atoms with Gasteiger partial charge in [-0.15, -0.1) is 11.3 Å². The van der Waals surface area contributed by atoms with Crippen LogP contribution in [0.15, 0.2) is 66.9 Å². The van der Waals surface area contributed by atoms with Crippen molar-refractivity contribution in [3.63, 3.8) is 0 Å². The van der Waals surface area contributed by atoms with Gasteiger partial charge in [0.25, 0.3) is 5.91 Å². The standard InChI is InChI=1S/C29H29N3O2S/c1-19-9-8-18-32(29(34)27-28(35-20(2)31-27)22-10-4-3-5-11-22)24(19)15-16-25(33)23-14-6-12-21-13-7-17-30-26(21)23/h3-7,10-14,17,19,24H,8-9,15-16,18H2,1-2H3/t19-,24?/m0/s1. The number of hydrogen-bond acceptors (Lipinski definition) is 5. The minimum absolute atomic E-state index is 0.00812. The molecular weight excluding hydrogens is 454 g/mol. The van der Waals surface area contributed by atoms with E-state index in [-0.39, 0.29) is 17.7 Å². The summed E-state index contributed by atoms with van der Waals surface area (Å²) in [5.41, 5.74) is 2.95. The highest BCUT2D eigenvalue weighted by Gasteiger charge is 2.35. The van der Waals surface area contributed by atoms with Crippen molar-refractivity contribution in [2.75, 3.05) is 6.54 Å². The van der Waals surface area contributed by atoms with Gasteiger partial charge in [-0.3, -0.25) is 14.6 Å². The number of nitrogens with zero attached hydrogens (tertiary/aromatic N) is 3. The second-order valence-electron chi connectivity index (χ2n) is 9.30. The van der Waals surface area contributed by atoms with E-state index in [0.29, 0.717) is 36.6 Å². The topological polar surface area (TPSA) is 63.2 Å². The van der Waals surface area contributed by atoms with Crippen LogP contribution in [0, 0.1) is 12.8 Å². The molecule has 1 aliphatic heterocycles. The number of thiazole rings is 1. The molecule has 0 aliphatic carbocycles. The summed E-state index contributed by atoms with van der Waals surface area (Å²) in [6.07, 6.45) is 4.77. The molecule has 1 amide bonds. The molecule has 0 radical (unpaired) electrons. The molecule has 0 spiro atoms. The van der Waals surface area contributed by atoms with E-state index >= 15 is 0 Å². The highest BCUT2D eigenvalue weighted by atomic mass is 32.1. The Morgan fingerprint density at radius 3 is 2.69 bits per heavy atom. The molecule has 0 N–H and O–H groups in total. The van der Waals surface area contributed by atoms with Gasteiger partial charge < -0.3 is 4.90 Å². The molecule has 1 aliphatic rings. The number of hydrogen-bond donors (Lipinski definition) is 0. The van der Waals surface area contributed by atoms with E-state index in [1.54, 1.807) is 17.5 Å². The molecule has 0 saturated carbocycles. The zero-order valence-corrected chi connectivity index (χ0v) is 20.9. The van der Waals surface area contributed by atoms with E-state index in [1.807, 2.05) is 72.5 Å². The maximum absolute atomic E-state index is 13.8. The molecule has 2 aromatic heterocycles. The van der Waals surface area contributed by atoms with Crippen LogP contribution in [0.1, 0.15) is 58.5 Å². The lowest BCUT2D eigenvalue weighted by molar-refractivity contribution is 0.0484. The van der Waals surface area contributed by atoms with Crippen molar-refractivity contribution in [2.45, 2.75) is 45.6 Å². The van der Waals surface area contributed by atoms with Crippen molar-refractivity contribution >= 4 is 33.9 Å². The number of carbonyl (C=O) groups is 2. The monoisotopic (exact) mass is 483 g/mol. The van der Waals surface area contributed by atoms with Crippen molar-refractivity contribution in [1.82, 2.24) is 14.9 Å². The van der Waals surface area contributed by atoms with Gasteiger partial charge in [0, 0.05) is 36.2 Å². The van der Waals surface area contributed by atoms with Crippen LogP contribution in [0.25, 0.3) is 21.3 Å². The van der Waals surface area contributed by atoms with Crippen molar-refractivity contribution in [2.24, 2.45) is 5.92 Å². The van der Waals surface area contributed by atoms with Gasteiger partial charge in [0.1, 0.15) is 5.69 Å². The normalized spacial score (nSPS) is 18.1. The van der Waals surface area contributed by atoms with Gasteiger partial charge in [0.05, 0.1) is 15.4 Å². The summed E-state index contributed by atoms with van der Waals surface area (Å²) >= 11 is 1.56. The molecule has 178 valence electrons. The maximum atomic E-state index is 13.8. The van der Waals surface area contributed by atoms with E-state index in [1.165, 1.54) is 0 Å². The number of aryl methyl sites for hydroxylation is 1. The average Bonchev–Trinajstić information content (AvgIpc) is 3.29. The SMILES string of the molecule is Cc1nc(C(=O)N2CCC[C@H](C)C2CCC(=O)c2cccc3cccnc23)c(-c2ccccc2)s1. The van der Waals surface area contributed by atoms with Gasteiger partial charge in [-0.1, -0.05) is 55.5 Å². The molecule has 35 heavy (non-hydrogen) atoms. The molecule has 0 bridgehead atoms. The number of aromatic nitrogens is 2. The smallest absolute Gasteiger partial charge is 0.274 e. The van der Waals surface area contributed by atoms with Crippen LogP contribution in [0.3, 0.4) is 0 Å². The summed E-state index contributed by atoms with van der Waals surface area (Å²) in [5.74, 6) is 0.379. The summed E-state index contributed by atoms with van der Waals surface area (Å²) in [7, 11) is 0. The predicted molar refractivity (Wildman–Crippen MR) is 141 cm³/mol. The minimum atomic E-state index is -0.0240. The van der Waals surface area contributed by atoms with E-state index in [2.05, 4.69) is 16.9 Å². The first-order valence-electron chi connectivity index (χ1n) is 12.2. The molecule has 6 heteroatoms. The fourth-order valence-electron chi connectivity index (χ4n) is 5.18. The number of likely N-dealkylation sites (tertiary alicyclic amines) is 1. The largest absolute Gasteiger partial charge is 0.334 e. The molecule has 1 fully saturated rings. The number of pyridine rings is 1. The highest BCUT2D eigenvalue weighted by molar-refractivity contribution is 7.15. The van der Waals surface area contributed by atoms with Crippen LogP contribution in [0.5, 0.6) is 0 Å². The number of piperidine rings is 1. The fourth-order valence-corrected chi connectivity index (χ4v) is 6.09. The summed E-state index contributed by atoms with van der Waals surface area (Å²) in [5, 5.41) is 1.85. The lowest BCUT2D eigenvalue weighted by atomic mass is 9.86. The molecule has 1 unspecified atom stereocenters. The van der Waals surface area contributed by atoms with Gasteiger partial charge >= 0.3 is 0 Å². The first-order chi connectivity index (χ1) is 17.0. The van der Waals surface area contributed by atoms with Crippen molar-refractivity contribution < 1.29 is 9.59 Å². The lowest BCUT2D eigenvalue weighted by Gasteiger charge is -2.40. The van der Waals surface area contributed by atoms with E-state index in [4.69, 9.17) is 0 Å². The number of amides is 1. The molecular formula is C29H29N3O2S. The second-order valence-corrected chi connectivity index (χ2v) is 10.5. The van der Waals surface area contributed by atoms with Gasteiger partial charge in [0.15, 0.2) is 5.78 Å². The van der Waals surface area contributed by atoms with Crippen molar-refractivity contribution in [3.05, 3.63) is 83.1 Å². The number of rotatable bonds is 6. The maximum Gasteiger partial charge on any atom is 0.274 e. The first-order valence-corrected chi connectivity index (χ1v) is 13.1. The number of para-hydroxylation sites is 1. The Morgan fingerprint density at radius 2 is 1.86 bits per heavy atom.